The van der Waals surface area contributed by atoms with E-state index >= 15 is 0 Å². The number of morpholine rings is 1. The summed E-state index contributed by atoms with van der Waals surface area (Å²) in [5, 5.41) is 3.42. The maximum atomic E-state index is 6.03. The van der Waals surface area contributed by atoms with Crippen molar-refractivity contribution in [1.29, 1.82) is 0 Å². The van der Waals surface area contributed by atoms with Crippen molar-refractivity contribution < 1.29 is 9.47 Å². The highest BCUT2D eigenvalue weighted by Gasteiger charge is 2.23. The van der Waals surface area contributed by atoms with Gasteiger partial charge in [-0.2, -0.15) is 0 Å². The van der Waals surface area contributed by atoms with Crippen molar-refractivity contribution in [3.63, 3.8) is 0 Å². The average Bonchev–Trinajstić information content (AvgIpc) is 2.34. The van der Waals surface area contributed by atoms with E-state index in [0.29, 0.717) is 0 Å². The van der Waals surface area contributed by atoms with Crippen molar-refractivity contribution >= 4 is 0 Å². The van der Waals surface area contributed by atoms with Gasteiger partial charge in [-0.25, -0.2) is 0 Å². The van der Waals surface area contributed by atoms with Crippen molar-refractivity contribution in [2.75, 3.05) is 20.2 Å². The van der Waals surface area contributed by atoms with Crippen LogP contribution in [0.1, 0.15) is 35.3 Å². The monoisotopic (exact) mass is 249 g/mol. The van der Waals surface area contributed by atoms with E-state index in [1.165, 1.54) is 22.3 Å². The third-order valence-electron chi connectivity index (χ3n) is 3.78. The Morgan fingerprint density at radius 3 is 2.56 bits per heavy atom. The summed E-state index contributed by atoms with van der Waals surface area (Å²) in [7, 11) is 1.73. The minimum absolute atomic E-state index is 0.150. The summed E-state index contributed by atoms with van der Waals surface area (Å²) in [4.78, 5) is 0. The molecule has 2 rings (SSSR count). The standard InChI is InChI=1S/C15H23NO2/c1-9-6-13(11(3)12(4)15(9)17-5)14-8-16-7-10(2)18-14/h6,10,14,16H,7-8H2,1-5H3. The van der Waals surface area contributed by atoms with E-state index in [1.807, 2.05) is 0 Å². The van der Waals surface area contributed by atoms with Crippen LogP contribution in [-0.4, -0.2) is 26.3 Å². The molecule has 0 amide bonds. The summed E-state index contributed by atoms with van der Waals surface area (Å²) in [6, 6.07) is 2.20. The van der Waals surface area contributed by atoms with Crippen molar-refractivity contribution in [3.8, 4) is 5.75 Å². The summed E-state index contributed by atoms with van der Waals surface area (Å²) < 4.78 is 11.5. The Hall–Kier alpha value is -1.06. The summed E-state index contributed by atoms with van der Waals surface area (Å²) in [5.74, 6) is 0.994. The minimum Gasteiger partial charge on any atom is -0.496 e. The Kier molecular flexibility index (Phi) is 3.93. The molecule has 100 valence electrons. The van der Waals surface area contributed by atoms with Gasteiger partial charge in [-0.1, -0.05) is 0 Å². The molecule has 1 heterocycles. The van der Waals surface area contributed by atoms with Crippen LogP contribution in [0.2, 0.25) is 0 Å². The first-order valence-corrected chi connectivity index (χ1v) is 6.55. The molecule has 2 atom stereocenters. The second kappa shape index (κ2) is 5.29. The van der Waals surface area contributed by atoms with Gasteiger partial charge in [-0.05, 0) is 56.0 Å². The molecule has 0 saturated carbocycles. The van der Waals surface area contributed by atoms with E-state index in [4.69, 9.17) is 9.47 Å². The van der Waals surface area contributed by atoms with Crippen LogP contribution >= 0.6 is 0 Å². The maximum Gasteiger partial charge on any atom is 0.124 e. The number of hydrogen-bond donors (Lipinski definition) is 1. The zero-order valence-electron chi connectivity index (χ0n) is 12.0. The van der Waals surface area contributed by atoms with Crippen molar-refractivity contribution in [3.05, 3.63) is 28.3 Å². The van der Waals surface area contributed by atoms with Crippen molar-refractivity contribution in [1.82, 2.24) is 5.32 Å². The van der Waals surface area contributed by atoms with Gasteiger partial charge in [-0.3, -0.25) is 0 Å². The number of benzene rings is 1. The predicted octanol–water partition coefficient (Wildman–Crippen LogP) is 2.67. The highest BCUT2D eigenvalue weighted by atomic mass is 16.5. The number of hydrogen-bond acceptors (Lipinski definition) is 3. The van der Waals surface area contributed by atoms with Gasteiger partial charge >= 0.3 is 0 Å². The summed E-state index contributed by atoms with van der Waals surface area (Å²) in [5.41, 5.74) is 4.95. The van der Waals surface area contributed by atoms with Gasteiger partial charge in [0.1, 0.15) is 5.75 Å². The van der Waals surface area contributed by atoms with Gasteiger partial charge in [-0.15, -0.1) is 0 Å². The lowest BCUT2D eigenvalue weighted by Gasteiger charge is -2.31. The minimum atomic E-state index is 0.150. The molecule has 2 unspecified atom stereocenters. The quantitative estimate of drug-likeness (QED) is 0.874. The van der Waals surface area contributed by atoms with E-state index in [-0.39, 0.29) is 12.2 Å². The third-order valence-corrected chi connectivity index (χ3v) is 3.78. The zero-order chi connectivity index (χ0) is 13.3. The van der Waals surface area contributed by atoms with Crippen LogP contribution < -0.4 is 10.1 Å². The lowest BCUT2D eigenvalue weighted by Crippen LogP contribution is -2.39. The normalized spacial score (nSPS) is 24.1. The lowest BCUT2D eigenvalue weighted by atomic mass is 9.94. The number of nitrogens with one attached hydrogen (secondary N) is 1. The molecule has 1 N–H and O–H groups in total. The molecule has 0 bridgehead atoms. The van der Waals surface area contributed by atoms with Crippen LogP contribution in [0.25, 0.3) is 0 Å². The maximum absolute atomic E-state index is 6.03. The van der Waals surface area contributed by atoms with Crippen LogP contribution in [0, 0.1) is 20.8 Å². The van der Waals surface area contributed by atoms with Crippen LogP contribution in [0.3, 0.4) is 0 Å². The number of methoxy groups -OCH3 is 1. The Bertz CT molecular complexity index is 443. The Morgan fingerprint density at radius 1 is 1.22 bits per heavy atom. The average molecular weight is 249 g/mol. The number of ether oxygens (including phenoxy) is 2. The molecular formula is C15H23NO2. The smallest absolute Gasteiger partial charge is 0.124 e. The zero-order valence-corrected chi connectivity index (χ0v) is 12.0. The topological polar surface area (TPSA) is 30.5 Å². The van der Waals surface area contributed by atoms with Gasteiger partial charge in [0.15, 0.2) is 0 Å². The fraction of sp³-hybridized carbons (Fsp3) is 0.600. The molecule has 1 aliphatic heterocycles. The molecule has 0 aliphatic carbocycles. The first-order chi connectivity index (χ1) is 8.54. The van der Waals surface area contributed by atoms with Gasteiger partial charge in [0, 0.05) is 13.1 Å². The molecule has 0 spiro atoms. The highest BCUT2D eigenvalue weighted by Crippen LogP contribution is 2.33. The predicted molar refractivity (Wildman–Crippen MR) is 73.4 cm³/mol. The molecule has 1 fully saturated rings. The van der Waals surface area contributed by atoms with E-state index in [9.17, 15) is 0 Å². The van der Waals surface area contributed by atoms with Crippen molar-refractivity contribution in [2.45, 2.75) is 39.9 Å². The first-order valence-electron chi connectivity index (χ1n) is 6.55. The molecule has 18 heavy (non-hydrogen) atoms. The fourth-order valence-electron chi connectivity index (χ4n) is 2.72. The second-order valence-electron chi connectivity index (χ2n) is 5.16. The van der Waals surface area contributed by atoms with E-state index < -0.39 is 0 Å². The molecule has 3 nitrogen and oxygen atoms in total. The second-order valence-corrected chi connectivity index (χ2v) is 5.16. The Labute approximate surface area is 109 Å². The van der Waals surface area contributed by atoms with E-state index in [0.717, 1.165) is 18.8 Å². The number of aryl methyl sites for hydroxylation is 1. The molecule has 0 aromatic heterocycles. The third kappa shape index (κ3) is 2.38. The molecule has 1 aromatic rings. The summed E-state index contributed by atoms with van der Waals surface area (Å²) in [6.07, 6.45) is 0.419. The van der Waals surface area contributed by atoms with Gasteiger partial charge in [0.25, 0.3) is 0 Å². The van der Waals surface area contributed by atoms with Gasteiger partial charge in [0.2, 0.25) is 0 Å². The SMILES string of the molecule is COc1c(C)cc(C2CNCC(C)O2)c(C)c1C. The van der Waals surface area contributed by atoms with Crippen LogP contribution in [0.15, 0.2) is 6.07 Å². The lowest BCUT2D eigenvalue weighted by molar-refractivity contribution is -0.0290. The fourth-order valence-corrected chi connectivity index (χ4v) is 2.72. The summed E-state index contributed by atoms with van der Waals surface area (Å²) >= 11 is 0. The molecule has 1 aromatic carbocycles. The first kappa shape index (κ1) is 13.4. The van der Waals surface area contributed by atoms with Gasteiger partial charge < -0.3 is 14.8 Å². The van der Waals surface area contributed by atoms with Crippen LogP contribution in [-0.2, 0) is 4.74 Å². The highest BCUT2D eigenvalue weighted by molar-refractivity contribution is 5.49. The van der Waals surface area contributed by atoms with Gasteiger partial charge in [0.05, 0.1) is 19.3 Å². The Balaban J connectivity index is 2.39. The molecule has 3 heteroatoms. The molecule has 1 saturated heterocycles. The molecule has 0 radical (unpaired) electrons. The molecular weight excluding hydrogens is 226 g/mol. The number of rotatable bonds is 2. The molecule has 1 aliphatic rings. The van der Waals surface area contributed by atoms with Crippen molar-refractivity contribution in [2.24, 2.45) is 0 Å². The van der Waals surface area contributed by atoms with E-state index in [1.54, 1.807) is 7.11 Å². The summed E-state index contributed by atoms with van der Waals surface area (Å²) in [6.45, 7) is 10.3. The van der Waals surface area contributed by atoms with Crippen LogP contribution in [0.5, 0.6) is 5.75 Å². The van der Waals surface area contributed by atoms with E-state index in [2.05, 4.69) is 39.1 Å². The Morgan fingerprint density at radius 2 is 1.94 bits per heavy atom. The van der Waals surface area contributed by atoms with Crippen LogP contribution in [0.4, 0.5) is 0 Å². The largest absolute Gasteiger partial charge is 0.496 e.